The van der Waals surface area contributed by atoms with Crippen LogP contribution in [0.1, 0.15) is 33.6 Å². The van der Waals surface area contributed by atoms with E-state index in [1.165, 1.54) is 6.07 Å². The average molecular weight is 966 g/mol. The van der Waals surface area contributed by atoms with Crippen molar-refractivity contribution in [2.75, 3.05) is 86.1 Å². The molecule has 0 radical (unpaired) electrons. The predicted octanol–water partition coefficient (Wildman–Crippen LogP) is 3.93. The number of amides is 5. The van der Waals surface area contributed by atoms with Crippen LogP contribution in [0.4, 0.5) is 38.9 Å². The second kappa shape index (κ2) is 16.6. The van der Waals surface area contributed by atoms with E-state index in [1.54, 1.807) is 74.4 Å². The number of benzene rings is 3. The lowest BCUT2D eigenvalue weighted by Crippen LogP contribution is -2.67. The lowest BCUT2D eigenvalue weighted by Gasteiger charge is -2.51. The van der Waals surface area contributed by atoms with E-state index in [4.69, 9.17) is 0 Å². The molecule has 0 aliphatic carbocycles. The molecule has 3 aromatic carbocycles. The molecule has 0 spiro atoms. The monoisotopic (exact) mass is 964 g/mol. The van der Waals surface area contributed by atoms with Crippen molar-refractivity contribution in [3.05, 3.63) is 88.5 Å². The van der Waals surface area contributed by atoms with Gasteiger partial charge < -0.3 is 29.9 Å². The van der Waals surface area contributed by atoms with Gasteiger partial charge in [-0.1, -0.05) is 0 Å². The van der Waals surface area contributed by atoms with Gasteiger partial charge in [0, 0.05) is 94.8 Å². The van der Waals surface area contributed by atoms with Crippen LogP contribution in [0.2, 0.25) is 0 Å². The molecular formula is C44H43BrFN12O6P. The van der Waals surface area contributed by atoms with E-state index in [2.05, 4.69) is 56.7 Å². The summed E-state index contributed by atoms with van der Waals surface area (Å²) in [5.74, 6) is -2.04. The molecule has 1 unspecified atom stereocenters. The van der Waals surface area contributed by atoms with E-state index >= 15 is 4.39 Å². The Morgan fingerprint density at radius 3 is 2.35 bits per heavy atom. The summed E-state index contributed by atoms with van der Waals surface area (Å²) in [4.78, 5) is 90.8. The van der Waals surface area contributed by atoms with Crippen molar-refractivity contribution >= 4 is 103 Å². The van der Waals surface area contributed by atoms with Crippen molar-refractivity contribution in [3.8, 4) is 0 Å². The first-order valence-electron chi connectivity index (χ1n) is 21.2. The number of imide groups is 2. The third-order valence-corrected chi connectivity index (χ3v) is 14.8. The van der Waals surface area contributed by atoms with Crippen molar-refractivity contribution in [3.63, 3.8) is 0 Å². The quantitative estimate of drug-likeness (QED) is 0.134. The van der Waals surface area contributed by atoms with Crippen molar-refractivity contribution in [2.24, 2.45) is 5.92 Å². The Bertz CT molecular complexity index is 2880. The van der Waals surface area contributed by atoms with Gasteiger partial charge in [0.05, 0.1) is 43.7 Å². The van der Waals surface area contributed by atoms with Crippen LogP contribution < -0.4 is 31.1 Å². The maximum Gasteiger partial charge on any atom is 0.262 e. The molecule has 5 aliphatic heterocycles. The standard InChI is InChI=1S/C44H43BrFN12O6P/c1-65(2,64)38-33(7-6-32-37(38)48-12-11-47-32)51-39-30(45)19-49-44(53-39)50-25-3-8-34(31(46)17-25)55-15-13-54(14-16-55)27-22-57(23-27)41(61)24-20-56(21-24)26-4-5-28-29(18-26)43(63)58(42(28)62)35-9-10-36(59)52-40(35)60/h3-8,11-12,17-19,24,27,35H,9-10,13-16,20-23H2,1-2H3,(H,52,59,60)(H2,49,50,51,53). The average Bonchev–Trinajstić information content (AvgIpc) is 3.48. The van der Waals surface area contributed by atoms with Gasteiger partial charge in [-0.15, -0.1) is 0 Å². The molecule has 65 heavy (non-hydrogen) atoms. The number of hydrogen-bond acceptors (Lipinski definition) is 15. The number of carbonyl (C=O) groups excluding carboxylic acids is 5. The van der Waals surface area contributed by atoms with Gasteiger partial charge in [0.2, 0.25) is 23.7 Å². The van der Waals surface area contributed by atoms with E-state index in [9.17, 15) is 28.5 Å². The molecule has 3 N–H and O–H groups in total. The first kappa shape index (κ1) is 42.6. The zero-order chi connectivity index (χ0) is 45.3. The molecule has 2 aromatic heterocycles. The molecule has 0 bridgehead atoms. The molecule has 5 aromatic rings. The van der Waals surface area contributed by atoms with Crippen LogP contribution in [0, 0.1) is 11.7 Å². The largest absolute Gasteiger partial charge is 0.370 e. The summed E-state index contributed by atoms with van der Waals surface area (Å²) < 4.78 is 29.7. The molecule has 18 nitrogen and oxygen atoms in total. The second-order valence-corrected chi connectivity index (χ2v) is 21.2. The highest BCUT2D eigenvalue weighted by atomic mass is 79.9. The first-order chi connectivity index (χ1) is 31.2. The smallest absolute Gasteiger partial charge is 0.262 e. The number of piperazine rings is 1. The van der Waals surface area contributed by atoms with E-state index in [0.29, 0.717) is 83.0 Å². The molecular weight excluding hydrogens is 922 g/mol. The normalized spacial score (nSPS) is 19.6. The predicted molar refractivity (Wildman–Crippen MR) is 244 cm³/mol. The van der Waals surface area contributed by atoms with E-state index in [1.807, 2.05) is 14.7 Å². The SMILES string of the molecule is CP(C)(=O)c1c(Nc2nc(Nc3ccc(N4CCN(C5CN(C(=O)C6CN(c7ccc8c(c7)C(=O)N(C7CCC(=O)NC7=O)C8=O)C6)C5)CC4)c(F)c3)ncc2Br)ccc2nccnc12. The number of aromatic nitrogens is 4. The number of piperidine rings is 1. The Balaban J connectivity index is 0.699. The van der Waals surface area contributed by atoms with Gasteiger partial charge in [0.25, 0.3) is 11.8 Å². The summed E-state index contributed by atoms with van der Waals surface area (Å²) in [7, 11) is -2.81. The minimum absolute atomic E-state index is 0.0507. The Morgan fingerprint density at radius 1 is 0.862 bits per heavy atom. The van der Waals surface area contributed by atoms with Gasteiger partial charge >= 0.3 is 0 Å². The third kappa shape index (κ3) is 7.97. The number of likely N-dealkylation sites (tertiary alicyclic amines) is 1. The van der Waals surface area contributed by atoms with Crippen molar-refractivity contribution in [1.82, 2.24) is 40.0 Å². The topological polar surface area (TPSA) is 206 Å². The van der Waals surface area contributed by atoms with E-state index < -0.39 is 36.8 Å². The molecule has 1 atom stereocenters. The van der Waals surface area contributed by atoms with Crippen LogP contribution >= 0.6 is 23.1 Å². The van der Waals surface area contributed by atoms with Crippen LogP contribution in [-0.2, 0) is 18.9 Å². The molecule has 5 aliphatic rings. The highest BCUT2D eigenvalue weighted by Crippen LogP contribution is 2.41. The van der Waals surface area contributed by atoms with Gasteiger partial charge in [-0.3, -0.25) is 49.1 Å². The number of rotatable bonds is 10. The number of hydrogen-bond donors (Lipinski definition) is 3. The molecule has 21 heteroatoms. The summed E-state index contributed by atoms with van der Waals surface area (Å²) in [5, 5.41) is 9.14. The van der Waals surface area contributed by atoms with E-state index in [0.717, 1.165) is 23.7 Å². The summed E-state index contributed by atoms with van der Waals surface area (Å²) in [6, 6.07) is 12.7. The molecule has 4 fully saturated rings. The fourth-order valence-electron chi connectivity index (χ4n) is 9.23. The molecule has 334 valence electrons. The number of nitrogens with zero attached hydrogens (tertiary/aromatic N) is 9. The molecule has 0 saturated carbocycles. The number of halogens is 2. The Hall–Kier alpha value is -6.37. The van der Waals surface area contributed by atoms with Gasteiger partial charge in [0.1, 0.15) is 30.3 Å². The molecule has 4 saturated heterocycles. The van der Waals surface area contributed by atoms with Crippen molar-refractivity contribution in [1.29, 1.82) is 0 Å². The van der Waals surface area contributed by atoms with Crippen LogP contribution in [-0.4, -0.2) is 142 Å². The highest BCUT2D eigenvalue weighted by Gasteiger charge is 2.46. The Morgan fingerprint density at radius 2 is 1.62 bits per heavy atom. The lowest BCUT2D eigenvalue weighted by atomic mass is 9.94. The number of nitrogens with one attached hydrogen (secondary N) is 3. The summed E-state index contributed by atoms with van der Waals surface area (Å²) in [5.41, 5.74) is 3.87. The van der Waals surface area contributed by atoms with Crippen LogP contribution in [0.3, 0.4) is 0 Å². The minimum atomic E-state index is -2.81. The van der Waals surface area contributed by atoms with Crippen molar-refractivity contribution < 1.29 is 32.9 Å². The van der Waals surface area contributed by atoms with Crippen molar-refractivity contribution in [2.45, 2.75) is 24.9 Å². The Labute approximate surface area is 380 Å². The van der Waals surface area contributed by atoms with Gasteiger partial charge in [-0.2, -0.15) is 4.98 Å². The number of fused-ring (bicyclic) bond motifs is 2. The highest BCUT2D eigenvalue weighted by molar-refractivity contribution is 9.10. The summed E-state index contributed by atoms with van der Waals surface area (Å²) in [6.07, 6.45) is 4.87. The molecule has 7 heterocycles. The summed E-state index contributed by atoms with van der Waals surface area (Å²) >= 11 is 3.51. The lowest BCUT2D eigenvalue weighted by molar-refractivity contribution is -0.144. The van der Waals surface area contributed by atoms with E-state index in [-0.39, 0.29) is 53.6 Å². The first-order valence-corrected chi connectivity index (χ1v) is 24.6. The zero-order valence-electron chi connectivity index (χ0n) is 35.3. The van der Waals surface area contributed by atoms with Gasteiger partial charge in [-0.05, 0) is 84.2 Å². The van der Waals surface area contributed by atoms with Crippen LogP contribution in [0.15, 0.2) is 71.6 Å². The van der Waals surface area contributed by atoms with Crippen LogP contribution in [0.5, 0.6) is 0 Å². The fraction of sp³-hybridized carbons (Fsp3) is 0.341. The second-order valence-electron chi connectivity index (χ2n) is 17.2. The maximum atomic E-state index is 15.7. The maximum absolute atomic E-state index is 15.7. The van der Waals surface area contributed by atoms with Gasteiger partial charge in [0.15, 0.2) is 0 Å². The minimum Gasteiger partial charge on any atom is -0.370 e. The third-order valence-electron chi connectivity index (χ3n) is 12.7. The summed E-state index contributed by atoms with van der Waals surface area (Å²) in [6.45, 7) is 8.28. The Kier molecular flexibility index (Phi) is 10.8. The number of carbonyl (C=O) groups is 5. The number of anilines is 6. The van der Waals surface area contributed by atoms with Gasteiger partial charge in [-0.25, -0.2) is 9.37 Å². The van der Waals surface area contributed by atoms with Crippen LogP contribution in [0.25, 0.3) is 11.0 Å². The molecule has 5 amide bonds. The molecule has 10 rings (SSSR count). The zero-order valence-corrected chi connectivity index (χ0v) is 37.8. The fourth-order valence-corrected chi connectivity index (χ4v) is 10.9.